The minimum Gasteiger partial charge on any atom is -0.492 e. The summed E-state index contributed by atoms with van der Waals surface area (Å²) in [4.78, 5) is 12.4. The van der Waals surface area contributed by atoms with Crippen LogP contribution < -0.4 is 10.1 Å². The van der Waals surface area contributed by atoms with E-state index in [0.717, 1.165) is 25.0 Å². The molecule has 114 valence electrons. The molecule has 0 saturated carbocycles. The van der Waals surface area contributed by atoms with Gasteiger partial charge in [0.1, 0.15) is 12.4 Å². The number of para-hydroxylation sites is 1. The molecule has 2 aromatic carbocycles. The van der Waals surface area contributed by atoms with Crippen molar-refractivity contribution < 1.29 is 9.53 Å². The van der Waals surface area contributed by atoms with Crippen LogP contribution in [0.4, 0.5) is 0 Å². The van der Waals surface area contributed by atoms with Crippen molar-refractivity contribution in [3.63, 3.8) is 0 Å². The molecular formula is C19H21NO2. The molecule has 1 aliphatic carbocycles. The van der Waals surface area contributed by atoms with Gasteiger partial charge < -0.3 is 10.1 Å². The number of aryl methyl sites for hydroxylation is 1. The van der Waals surface area contributed by atoms with Crippen LogP contribution in [0.3, 0.4) is 0 Å². The van der Waals surface area contributed by atoms with E-state index in [1.165, 1.54) is 11.1 Å². The molecule has 3 nitrogen and oxygen atoms in total. The van der Waals surface area contributed by atoms with Crippen molar-refractivity contribution >= 4 is 5.91 Å². The normalized spacial score (nSPS) is 16.6. The summed E-state index contributed by atoms with van der Waals surface area (Å²) >= 11 is 0. The lowest BCUT2D eigenvalue weighted by molar-refractivity contribution is -0.123. The lowest BCUT2D eigenvalue weighted by atomic mass is 9.82. The van der Waals surface area contributed by atoms with Gasteiger partial charge in [-0.1, -0.05) is 42.5 Å². The molecule has 1 amide bonds. The summed E-state index contributed by atoms with van der Waals surface area (Å²) in [6.45, 7) is 1.02. The van der Waals surface area contributed by atoms with Gasteiger partial charge in [-0.3, -0.25) is 4.79 Å². The van der Waals surface area contributed by atoms with E-state index in [2.05, 4.69) is 17.4 Å². The number of hydrogen-bond acceptors (Lipinski definition) is 2. The highest BCUT2D eigenvalue weighted by atomic mass is 16.5. The summed E-state index contributed by atoms with van der Waals surface area (Å²) in [5.41, 5.74) is 2.50. The van der Waals surface area contributed by atoms with Crippen LogP contribution in [-0.4, -0.2) is 19.1 Å². The Bertz CT molecular complexity index is 624. The average Bonchev–Trinajstić information content (AvgIpc) is 2.59. The number of nitrogens with one attached hydrogen (secondary N) is 1. The van der Waals surface area contributed by atoms with Crippen molar-refractivity contribution in [2.75, 3.05) is 13.2 Å². The fourth-order valence-electron chi connectivity index (χ4n) is 3.01. The molecule has 0 aliphatic heterocycles. The van der Waals surface area contributed by atoms with Gasteiger partial charge in [0.05, 0.1) is 12.5 Å². The molecule has 0 fully saturated rings. The summed E-state index contributed by atoms with van der Waals surface area (Å²) < 4.78 is 5.60. The first-order chi connectivity index (χ1) is 10.8. The van der Waals surface area contributed by atoms with Gasteiger partial charge in [0.25, 0.3) is 0 Å². The monoisotopic (exact) mass is 295 g/mol. The SMILES string of the molecule is O=C(NCCOc1ccccc1)[C@@H]1CCCc2ccccc21. The number of benzene rings is 2. The molecule has 3 heteroatoms. The van der Waals surface area contributed by atoms with Crippen LogP contribution in [0.1, 0.15) is 29.9 Å². The van der Waals surface area contributed by atoms with Crippen molar-refractivity contribution in [2.24, 2.45) is 0 Å². The Morgan fingerprint density at radius 2 is 1.86 bits per heavy atom. The number of amides is 1. The van der Waals surface area contributed by atoms with Gasteiger partial charge >= 0.3 is 0 Å². The van der Waals surface area contributed by atoms with E-state index in [1.807, 2.05) is 42.5 Å². The van der Waals surface area contributed by atoms with E-state index < -0.39 is 0 Å². The van der Waals surface area contributed by atoms with E-state index in [9.17, 15) is 4.79 Å². The zero-order valence-corrected chi connectivity index (χ0v) is 12.6. The Morgan fingerprint density at radius 1 is 1.09 bits per heavy atom. The van der Waals surface area contributed by atoms with Gasteiger partial charge in [-0.25, -0.2) is 0 Å². The molecule has 3 rings (SSSR count). The Labute approximate surface area is 131 Å². The average molecular weight is 295 g/mol. The molecule has 2 aromatic rings. The third-order valence-corrected chi connectivity index (χ3v) is 4.10. The van der Waals surface area contributed by atoms with Crippen LogP contribution in [0.5, 0.6) is 5.75 Å². The van der Waals surface area contributed by atoms with E-state index in [4.69, 9.17) is 4.74 Å². The largest absolute Gasteiger partial charge is 0.492 e. The van der Waals surface area contributed by atoms with Crippen LogP contribution in [0, 0.1) is 0 Å². The van der Waals surface area contributed by atoms with E-state index >= 15 is 0 Å². The number of fused-ring (bicyclic) bond motifs is 1. The predicted molar refractivity (Wildman–Crippen MR) is 87.1 cm³/mol. The van der Waals surface area contributed by atoms with Crippen LogP contribution in [0.25, 0.3) is 0 Å². The number of hydrogen-bond donors (Lipinski definition) is 1. The lowest BCUT2D eigenvalue weighted by Gasteiger charge is -2.24. The molecule has 0 saturated heterocycles. The summed E-state index contributed by atoms with van der Waals surface area (Å²) in [7, 11) is 0. The van der Waals surface area contributed by atoms with Crippen LogP contribution >= 0.6 is 0 Å². The molecule has 0 spiro atoms. The lowest BCUT2D eigenvalue weighted by Crippen LogP contribution is -2.34. The van der Waals surface area contributed by atoms with Gasteiger partial charge in [-0.05, 0) is 42.5 Å². The highest BCUT2D eigenvalue weighted by Crippen LogP contribution is 2.31. The van der Waals surface area contributed by atoms with Crippen molar-refractivity contribution in [1.82, 2.24) is 5.32 Å². The second-order valence-electron chi connectivity index (χ2n) is 5.60. The molecular weight excluding hydrogens is 274 g/mol. The van der Waals surface area contributed by atoms with E-state index in [-0.39, 0.29) is 11.8 Å². The molecule has 0 aromatic heterocycles. The molecule has 0 unspecified atom stereocenters. The van der Waals surface area contributed by atoms with Crippen molar-refractivity contribution in [3.05, 3.63) is 65.7 Å². The number of carbonyl (C=O) groups is 1. The van der Waals surface area contributed by atoms with Gasteiger partial charge in [-0.15, -0.1) is 0 Å². The predicted octanol–water partition coefficient (Wildman–Crippen LogP) is 3.30. The maximum Gasteiger partial charge on any atom is 0.227 e. The summed E-state index contributed by atoms with van der Waals surface area (Å²) in [5.74, 6) is 0.935. The minimum atomic E-state index is -0.0123. The Kier molecular flexibility index (Phi) is 4.74. The third-order valence-electron chi connectivity index (χ3n) is 4.10. The Morgan fingerprint density at radius 3 is 2.73 bits per heavy atom. The summed E-state index contributed by atoms with van der Waals surface area (Å²) in [5, 5.41) is 3.00. The first-order valence-corrected chi connectivity index (χ1v) is 7.88. The first kappa shape index (κ1) is 14.6. The molecule has 1 atom stereocenters. The van der Waals surface area contributed by atoms with Crippen molar-refractivity contribution in [2.45, 2.75) is 25.2 Å². The summed E-state index contributed by atoms with van der Waals surface area (Å²) in [6, 6.07) is 17.9. The quantitative estimate of drug-likeness (QED) is 0.860. The molecule has 22 heavy (non-hydrogen) atoms. The van der Waals surface area contributed by atoms with E-state index in [0.29, 0.717) is 13.2 Å². The highest BCUT2D eigenvalue weighted by Gasteiger charge is 2.25. The summed E-state index contributed by atoms with van der Waals surface area (Å²) in [6.07, 6.45) is 3.09. The maximum absolute atomic E-state index is 12.4. The second kappa shape index (κ2) is 7.12. The Balaban J connectivity index is 1.51. The number of carbonyl (C=O) groups excluding carboxylic acids is 1. The Hall–Kier alpha value is -2.29. The third kappa shape index (κ3) is 3.48. The first-order valence-electron chi connectivity index (χ1n) is 7.88. The highest BCUT2D eigenvalue weighted by molar-refractivity contribution is 5.84. The van der Waals surface area contributed by atoms with Crippen LogP contribution in [0.2, 0.25) is 0 Å². The van der Waals surface area contributed by atoms with Gasteiger partial charge in [0, 0.05) is 0 Å². The standard InChI is InChI=1S/C19H21NO2/c21-19(20-13-14-22-16-9-2-1-3-10-16)18-12-6-8-15-7-4-5-11-17(15)18/h1-5,7,9-11,18H,6,8,12-14H2,(H,20,21)/t18-/m1/s1. The second-order valence-corrected chi connectivity index (χ2v) is 5.60. The maximum atomic E-state index is 12.4. The minimum absolute atomic E-state index is 0.0123. The molecule has 1 N–H and O–H groups in total. The zero-order valence-electron chi connectivity index (χ0n) is 12.6. The van der Waals surface area contributed by atoms with Crippen LogP contribution in [-0.2, 0) is 11.2 Å². The fourth-order valence-corrected chi connectivity index (χ4v) is 3.01. The van der Waals surface area contributed by atoms with Crippen molar-refractivity contribution in [1.29, 1.82) is 0 Å². The molecule has 0 radical (unpaired) electrons. The zero-order chi connectivity index (χ0) is 15.2. The molecule has 0 bridgehead atoms. The topological polar surface area (TPSA) is 38.3 Å². The molecule has 1 aliphatic rings. The van der Waals surface area contributed by atoms with E-state index in [1.54, 1.807) is 0 Å². The number of ether oxygens (including phenoxy) is 1. The van der Waals surface area contributed by atoms with Gasteiger partial charge in [0.15, 0.2) is 0 Å². The van der Waals surface area contributed by atoms with Gasteiger partial charge in [-0.2, -0.15) is 0 Å². The number of rotatable bonds is 5. The van der Waals surface area contributed by atoms with Crippen molar-refractivity contribution in [3.8, 4) is 5.75 Å². The van der Waals surface area contributed by atoms with Gasteiger partial charge in [0.2, 0.25) is 5.91 Å². The van der Waals surface area contributed by atoms with Crippen LogP contribution in [0.15, 0.2) is 54.6 Å². The molecule has 0 heterocycles. The smallest absolute Gasteiger partial charge is 0.227 e. The fraction of sp³-hybridized carbons (Fsp3) is 0.316.